The van der Waals surface area contributed by atoms with Crippen molar-refractivity contribution >= 4 is 21.6 Å². The van der Waals surface area contributed by atoms with E-state index in [1.165, 1.54) is 15.9 Å². The quantitative estimate of drug-likeness (QED) is 0.702. The van der Waals surface area contributed by atoms with Crippen molar-refractivity contribution in [3.05, 3.63) is 53.1 Å². The van der Waals surface area contributed by atoms with Crippen LogP contribution in [-0.2, 0) is 19.6 Å². The molecule has 8 heteroatoms. The molecule has 0 unspecified atom stereocenters. The maximum absolute atomic E-state index is 12.8. The zero-order valence-corrected chi connectivity index (χ0v) is 18.7. The fourth-order valence-electron chi connectivity index (χ4n) is 3.19. The smallest absolute Gasteiger partial charge is 0.264 e. The van der Waals surface area contributed by atoms with E-state index in [1.807, 2.05) is 32.0 Å². The van der Waals surface area contributed by atoms with Crippen LogP contribution in [0.1, 0.15) is 16.7 Å². The number of nitrogens with zero attached hydrogens (tertiary/aromatic N) is 2. The molecule has 1 aliphatic rings. The second kappa shape index (κ2) is 9.16. The Kier molecular flexibility index (Phi) is 6.80. The summed E-state index contributed by atoms with van der Waals surface area (Å²) in [5.74, 6) is 0.292. The second-order valence-corrected chi connectivity index (χ2v) is 9.39. The monoisotopic (exact) mass is 432 g/mol. The minimum absolute atomic E-state index is 0.139. The third-order valence-corrected chi connectivity index (χ3v) is 7.25. The Labute approximate surface area is 178 Å². The van der Waals surface area contributed by atoms with Crippen molar-refractivity contribution in [2.24, 2.45) is 0 Å². The summed E-state index contributed by atoms with van der Waals surface area (Å²) in [5, 5.41) is 0. The number of ether oxygens (including phenoxy) is 2. The van der Waals surface area contributed by atoms with Gasteiger partial charge in [-0.25, -0.2) is 8.42 Å². The van der Waals surface area contributed by atoms with Crippen LogP contribution in [0, 0.1) is 20.8 Å². The van der Waals surface area contributed by atoms with Crippen LogP contribution < -0.4 is 9.64 Å². The molecule has 1 fully saturated rings. The van der Waals surface area contributed by atoms with Crippen LogP contribution in [-0.4, -0.2) is 58.6 Å². The number of hydrogen-bond acceptors (Lipinski definition) is 5. The fourth-order valence-corrected chi connectivity index (χ4v) is 4.69. The van der Waals surface area contributed by atoms with E-state index < -0.39 is 10.0 Å². The van der Waals surface area contributed by atoms with Gasteiger partial charge in [0.15, 0.2) is 6.61 Å². The minimum atomic E-state index is -3.57. The maximum Gasteiger partial charge on any atom is 0.264 e. The summed E-state index contributed by atoms with van der Waals surface area (Å²) >= 11 is 0. The Bertz CT molecular complexity index is 1030. The molecule has 7 nitrogen and oxygen atoms in total. The van der Waals surface area contributed by atoms with Gasteiger partial charge < -0.3 is 14.4 Å². The lowest BCUT2D eigenvalue weighted by Crippen LogP contribution is -2.40. The second-order valence-electron chi connectivity index (χ2n) is 7.45. The van der Waals surface area contributed by atoms with E-state index in [0.717, 1.165) is 11.3 Å². The molecular weight excluding hydrogens is 404 g/mol. The van der Waals surface area contributed by atoms with Crippen LogP contribution in [0.25, 0.3) is 0 Å². The molecule has 3 rings (SSSR count). The Hall–Kier alpha value is -2.42. The number of sulfonamides is 1. The molecule has 1 amide bonds. The number of rotatable bonds is 6. The number of amides is 1. The molecule has 0 aromatic heterocycles. The Morgan fingerprint density at radius 2 is 1.73 bits per heavy atom. The van der Waals surface area contributed by atoms with Gasteiger partial charge >= 0.3 is 0 Å². The third kappa shape index (κ3) is 4.83. The Morgan fingerprint density at radius 1 is 1.03 bits per heavy atom. The van der Waals surface area contributed by atoms with Gasteiger partial charge in [0.2, 0.25) is 10.0 Å². The van der Waals surface area contributed by atoms with E-state index in [1.54, 1.807) is 31.0 Å². The number of carbonyl (C=O) groups is 1. The molecular formula is C22H28N2O5S. The lowest BCUT2D eigenvalue weighted by atomic mass is 10.1. The number of carbonyl (C=O) groups excluding carboxylic acids is 1. The molecule has 0 bridgehead atoms. The largest absolute Gasteiger partial charge is 0.483 e. The van der Waals surface area contributed by atoms with Crippen molar-refractivity contribution in [1.29, 1.82) is 0 Å². The van der Waals surface area contributed by atoms with Crippen LogP contribution in [0.15, 0.2) is 41.3 Å². The summed E-state index contributed by atoms with van der Waals surface area (Å²) in [6.45, 7) is 7.15. The normalized spacial score (nSPS) is 15.1. The van der Waals surface area contributed by atoms with Crippen LogP contribution in [0.4, 0.5) is 5.69 Å². The van der Waals surface area contributed by atoms with Crippen molar-refractivity contribution < 1.29 is 22.7 Å². The predicted octanol–water partition coefficient (Wildman–Crippen LogP) is 2.67. The molecule has 0 N–H and O–H groups in total. The number of aryl methyl sites for hydroxylation is 3. The topological polar surface area (TPSA) is 76.2 Å². The first-order valence-electron chi connectivity index (χ1n) is 9.85. The first-order chi connectivity index (χ1) is 14.2. The van der Waals surface area contributed by atoms with Crippen molar-refractivity contribution in [3.63, 3.8) is 0 Å². The van der Waals surface area contributed by atoms with Crippen LogP contribution in [0.5, 0.6) is 5.75 Å². The summed E-state index contributed by atoms with van der Waals surface area (Å²) in [4.78, 5) is 14.3. The Morgan fingerprint density at radius 3 is 2.37 bits per heavy atom. The molecule has 2 aromatic carbocycles. The lowest BCUT2D eigenvalue weighted by Gasteiger charge is -2.26. The van der Waals surface area contributed by atoms with Gasteiger partial charge in [-0.3, -0.25) is 4.79 Å². The van der Waals surface area contributed by atoms with E-state index in [0.29, 0.717) is 37.6 Å². The van der Waals surface area contributed by atoms with E-state index in [9.17, 15) is 13.2 Å². The third-order valence-electron chi connectivity index (χ3n) is 5.36. The maximum atomic E-state index is 12.8. The molecule has 0 aliphatic carbocycles. The summed E-state index contributed by atoms with van der Waals surface area (Å²) in [7, 11) is -1.86. The average Bonchev–Trinajstić information content (AvgIpc) is 2.74. The highest BCUT2D eigenvalue weighted by atomic mass is 32.2. The van der Waals surface area contributed by atoms with Gasteiger partial charge in [0, 0.05) is 25.8 Å². The number of hydrogen-bond donors (Lipinski definition) is 0. The van der Waals surface area contributed by atoms with Gasteiger partial charge in [-0.1, -0.05) is 6.07 Å². The number of benzene rings is 2. The molecule has 0 saturated carbocycles. The molecule has 1 saturated heterocycles. The summed E-state index contributed by atoms with van der Waals surface area (Å²) < 4.78 is 37.9. The van der Waals surface area contributed by atoms with Crippen LogP contribution >= 0.6 is 0 Å². The lowest BCUT2D eigenvalue weighted by molar-refractivity contribution is -0.120. The standard InChI is InChI=1S/C22H28N2O5S/c1-16-5-6-19(13-17(16)2)23(4)22(25)15-29-21-8-7-20(14-18(21)3)30(26,27)24-9-11-28-12-10-24/h5-8,13-14H,9-12,15H2,1-4H3. The summed E-state index contributed by atoms with van der Waals surface area (Å²) in [6.07, 6.45) is 0. The molecule has 1 heterocycles. The van der Waals surface area contributed by atoms with Crippen molar-refractivity contribution in [2.75, 3.05) is 44.9 Å². The van der Waals surface area contributed by atoms with E-state index >= 15 is 0 Å². The predicted molar refractivity (Wildman–Crippen MR) is 116 cm³/mol. The van der Waals surface area contributed by atoms with Crippen molar-refractivity contribution in [2.45, 2.75) is 25.7 Å². The highest BCUT2D eigenvalue weighted by molar-refractivity contribution is 7.89. The number of likely N-dealkylation sites (N-methyl/N-ethyl adjacent to an activating group) is 1. The van der Waals surface area contributed by atoms with Crippen molar-refractivity contribution in [3.8, 4) is 5.75 Å². The van der Waals surface area contributed by atoms with Gasteiger partial charge in [0.05, 0.1) is 18.1 Å². The average molecular weight is 433 g/mol. The molecule has 162 valence electrons. The summed E-state index contributed by atoms with van der Waals surface area (Å²) in [5.41, 5.74) is 3.74. The number of anilines is 1. The molecule has 0 atom stereocenters. The van der Waals surface area contributed by atoms with E-state index in [-0.39, 0.29) is 17.4 Å². The minimum Gasteiger partial charge on any atom is -0.483 e. The molecule has 0 radical (unpaired) electrons. The van der Waals surface area contributed by atoms with Crippen LogP contribution in [0.2, 0.25) is 0 Å². The number of morpholine rings is 1. The zero-order chi connectivity index (χ0) is 21.9. The van der Waals surface area contributed by atoms with Gasteiger partial charge in [0.25, 0.3) is 5.91 Å². The van der Waals surface area contributed by atoms with E-state index in [2.05, 4.69) is 0 Å². The first-order valence-corrected chi connectivity index (χ1v) is 11.3. The van der Waals surface area contributed by atoms with Gasteiger partial charge in [-0.05, 0) is 67.8 Å². The molecule has 1 aliphatic heterocycles. The fraction of sp³-hybridized carbons (Fsp3) is 0.409. The van der Waals surface area contributed by atoms with Gasteiger partial charge in [-0.15, -0.1) is 0 Å². The Balaban J connectivity index is 1.67. The molecule has 0 spiro atoms. The SMILES string of the molecule is Cc1ccc(N(C)C(=O)COc2ccc(S(=O)(=O)N3CCOCC3)cc2C)cc1C. The first kappa shape index (κ1) is 22.3. The van der Waals surface area contributed by atoms with Crippen molar-refractivity contribution in [1.82, 2.24) is 4.31 Å². The molecule has 2 aromatic rings. The van der Waals surface area contributed by atoms with Gasteiger partial charge in [-0.2, -0.15) is 4.31 Å². The zero-order valence-electron chi connectivity index (χ0n) is 17.8. The van der Waals surface area contributed by atoms with Crippen LogP contribution in [0.3, 0.4) is 0 Å². The highest BCUT2D eigenvalue weighted by Gasteiger charge is 2.26. The molecule has 30 heavy (non-hydrogen) atoms. The van der Waals surface area contributed by atoms with Gasteiger partial charge in [0.1, 0.15) is 5.75 Å². The highest BCUT2D eigenvalue weighted by Crippen LogP contribution is 2.25. The van der Waals surface area contributed by atoms with E-state index in [4.69, 9.17) is 9.47 Å². The summed E-state index contributed by atoms with van der Waals surface area (Å²) in [6, 6.07) is 10.5.